The van der Waals surface area contributed by atoms with Crippen LogP contribution < -0.4 is 15.2 Å². The van der Waals surface area contributed by atoms with E-state index < -0.39 is 10.0 Å². The zero-order valence-corrected chi connectivity index (χ0v) is 14.1. The Morgan fingerprint density at radius 3 is 2.64 bits per heavy atom. The van der Waals surface area contributed by atoms with Crippen LogP contribution in [-0.4, -0.2) is 26.6 Å². The van der Waals surface area contributed by atoms with Gasteiger partial charge in [-0.05, 0) is 32.8 Å². The van der Waals surface area contributed by atoms with Crippen LogP contribution in [0.1, 0.15) is 45.1 Å². The SMILES string of the molecule is CC(C)Oc1ccccc1CS(=O)(=O)NC1CCCCC1N. The second-order valence-electron chi connectivity index (χ2n) is 6.21. The maximum atomic E-state index is 12.4. The molecule has 0 saturated heterocycles. The number of para-hydroxylation sites is 1. The Balaban J connectivity index is 2.08. The second-order valence-corrected chi connectivity index (χ2v) is 7.96. The average molecular weight is 326 g/mol. The number of nitrogens with one attached hydrogen (secondary N) is 1. The van der Waals surface area contributed by atoms with Crippen LogP contribution in [0.3, 0.4) is 0 Å². The first-order chi connectivity index (χ1) is 10.4. The minimum atomic E-state index is -3.44. The lowest BCUT2D eigenvalue weighted by atomic mass is 9.92. The number of hydrogen-bond acceptors (Lipinski definition) is 4. The van der Waals surface area contributed by atoms with E-state index in [1.807, 2.05) is 26.0 Å². The molecule has 1 aliphatic carbocycles. The molecule has 22 heavy (non-hydrogen) atoms. The number of hydrogen-bond donors (Lipinski definition) is 2. The van der Waals surface area contributed by atoms with Crippen molar-refractivity contribution in [3.8, 4) is 5.75 Å². The highest BCUT2D eigenvalue weighted by atomic mass is 32.2. The quantitative estimate of drug-likeness (QED) is 0.839. The third-order valence-corrected chi connectivity index (χ3v) is 5.18. The number of benzene rings is 1. The predicted octanol–water partition coefficient (Wildman–Crippen LogP) is 2.16. The summed E-state index contributed by atoms with van der Waals surface area (Å²) < 4.78 is 33.3. The van der Waals surface area contributed by atoms with Gasteiger partial charge in [-0.15, -0.1) is 0 Å². The van der Waals surface area contributed by atoms with Crippen LogP contribution in [0.25, 0.3) is 0 Å². The van der Waals surface area contributed by atoms with Gasteiger partial charge >= 0.3 is 0 Å². The number of nitrogens with two attached hydrogens (primary N) is 1. The molecular formula is C16H26N2O3S. The smallest absolute Gasteiger partial charge is 0.216 e. The monoisotopic (exact) mass is 326 g/mol. The summed E-state index contributed by atoms with van der Waals surface area (Å²) in [5.41, 5.74) is 6.70. The molecule has 1 aliphatic rings. The third kappa shape index (κ3) is 4.97. The van der Waals surface area contributed by atoms with E-state index in [9.17, 15) is 8.42 Å². The van der Waals surface area contributed by atoms with Gasteiger partial charge in [-0.1, -0.05) is 31.0 Å². The Kier molecular flexibility index (Phi) is 5.83. The highest BCUT2D eigenvalue weighted by Crippen LogP contribution is 2.23. The molecule has 0 aliphatic heterocycles. The molecule has 1 fully saturated rings. The lowest BCUT2D eigenvalue weighted by molar-refractivity contribution is 0.240. The maximum absolute atomic E-state index is 12.4. The molecule has 1 aromatic carbocycles. The summed E-state index contributed by atoms with van der Waals surface area (Å²) >= 11 is 0. The standard InChI is InChI=1S/C16H26N2O3S/c1-12(2)21-16-10-6-3-7-13(16)11-22(19,20)18-15-9-5-4-8-14(15)17/h3,6-7,10,12,14-15,18H,4-5,8-9,11,17H2,1-2H3. The maximum Gasteiger partial charge on any atom is 0.216 e. The van der Waals surface area contributed by atoms with Gasteiger partial charge in [0.05, 0.1) is 11.9 Å². The van der Waals surface area contributed by atoms with Gasteiger partial charge in [-0.25, -0.2) is 13.1 Å². The summed E-state index contributed by atoms with van der Waals surface area (Å²) in [5.74, 6) is 0.537. The zero-order valence-electron chi connectivity index (χ0n) is 13.3. The van der Waals surface area contributed by atoms with Crippen molar-refractivity contribution < 1.29 is 13.2 Å². The third-order valence-electron chi connectivity index (χ3n) is 3.83. The van der Waals surface area contributed by atoms with Gasteiger partial charge < -0.3 is 10.5 Å². The molecule has 124 valence electrons. The first-order valence-electron chi connectivity index (χ1n) is 7.87. The van der Waals surface area contributed by atoms with E-state index in [0.29, 0.717) is 11.3 Å². The minimum absolute atomic E-state index is 0.00331. The summed E-state index contributed by atoms with van der Waals surface area (Å²) in [5, 5.41) is 0. The molecule has 1 saturated carbocycles. The van der Waals surface area contributed by atoms with Crippen LogP contribution in [0.4, 0.5) is 0 Å². The lowest BCUT2D eigenvalue weighted by Crippen LogP contribution is -2.49. The van der Waals surface area contributed by atoms with Crippen LogP contribution in [0.5, 0.6) is 5.75 Å². The molecule has 0 aromatic heterocycles. The van der Waals surface area contributed by atoms with E-state index in [1.54, 1.807) is 12.1 Å². The summed E-state index contributed by atoms with van der Waals surface area (Å²) in [7, 11) is -3.44. The van der Waals surface area contributed by atoms with Gasteiger partial charge in [0.15, 0.2) is 0 Å². The molecule has 3 N–H and O–H groups in total. The van der Waals surface area contributed by atoms with E-state index >= 15 is 0 Å². The molecule has 0 bridgehead atoms. The van der Waals surface area contributed by atoms with E-state index in [4.69, 9.17) is 10.5 Å². The highest BCUT2D eigenvalue weighted by molar-refractivity contribution is 7.88. The first-order valence-corrected chi connectivity index (χ1v) is 9.53. The average Bonchev–Trinajstić information content (AvgIpc) is 2.42. The molecule has 1 aromatic rings. The number of sulfonamides is 1. The number of rotatable bonds is 6. The summed E-state index contributed by atoms with van der Waals surface area (Å²) in [4.78, 5) is 0. The van der Waals surface area contributed by atoms with Gasteiger partial charge in [0.1, 0.15) is 5.75 Å². The molecule has 2 unspecified atom stereocenters. The summed E-state index contributed by atoms with van der Waals surface area (Å²) in [6, 6.07) is 7.01. The Bertz CT molecular complexity index is 587. The van der Waals surface area contributed by atoms with E-state index in [0.717, 1.165) is 25.7 Å². The van der Waals surface area contributed by atoms with Crippen molar-refractivity contribution in [1.82, 2.24) is 4.72 Å². The molecular weight excluding hydrogens is 300 g/mol. The van der Waals surface area contributed by atoms with Gasteiger partial charge in [-0.2, -0.15) is 0 Å². The molecule has 0 radical (unpaired) electrons. The largest absolute Gasteiger partial charge is 0.491 e. The lowest BCUT2D eigenvalue weighted by Gasteiger charge is -2.29. The topological polar surface area (TPSA) is 81.4 Å². The fourth-order valence-corrected chi connectivity index (χ4v) is 4.26. The van der Waals surface area contributed by atoms with Gasteiger partial charge in [0, 0.05) is 17.6 Å². The van der Waals surface area contributed by atoms with Crippen LogP contribution in [0.15, 0.2) is 24.3 Å². The van der Waals surface area contributed by atoms with Crippen molar-refractivity contribution in [2.45, 2.75) is 63.5 Å². The van der Waals surface area contributed by atoms with Crippen molar-refractivity contribution in [3.63, 3.8) is 0 Å². The van der Waals surface area contributed by atoms with Crippen LogP contribution in [-0.2, 0) is 15.8 Å². The Morgan fingerprint density at radius 1 is 1.27 bits per heavy atom. The van der Waals surface area contributed by atoms with E-state index in [2.05, 4.69) is 4.72 Å². The molecule has 0 spiro atoms. The van der Waals surface area contributed by atoms with E-state index in [1.165, 1.54) is 0 Å². The molecule has 5 nitrogen and oxygen atoms in total. The van der Waals surface area contributed by atoms with Gasteiger partial charge in [0.25, 0.3) is 0 Å². The fraction of sp³-hybridized carbons (Fsp3) is 0.625. The Morgan fingerprint density at radius 2 is 1.95 bits per heavy atom. The van der Waals surface area contributed by atoms with E-state index in [-0.39, 0.29) is 23.9 Å². The predicted molar refractivity (Wildman–Crippen MR) is 88.2 cm³/mol. The summed E-state index contributed by atoms with van der Waals surface area (Å²) in [6.45, 7) is 3.84. The Labute approximate surface area is 133 Å². The summed E-state index contributed by atoms with van der Waals surface area (Å²) in [6.07, 6.45) is 3.78. The first kappa shape index (κ1) is 17.2. The molecule has 0 amide bonds. The highest BCUT2D eigenvalue weighted by Gasteiger charge is 2.26. The van der Waals surface area contributed by atoms with Crippen LogP contribution in [0.2, 0.25) is 0 Å². The second kappa shape index (κ2) is 7.44. The molecule has 0 heterocycles. The molecule has 2 rings (SSSR count). The van der Waals surface area contributed by atoms with Gasteiger partial charge in [0.2, 0.25) is 10.0 Å². The normalized spacial score (nSPS) is 22.7. The molecule has 6 heteroatoms. The van der Waals surface area contributed by atoms with Crippen molar-refractivity contribution in [1.29, 1.82) is 0 Å². The van der Waals surface area contributed by atoms with Crippen molar-refractivity contribution >= 4 is 10.0 Å². The van der Waals surface area contributed by atoms with Crippen molar-refractivity contribution in [2.75, 3.05) is 0 Å². The number of ether oxygens (including phenoxy) is 1. The van der Waals surface area contributed by atoms with Crippen LogP contribution in [0, 0.1) is 0 Å². The molecule has 2 atom stereocenters. The minimum Gasteiger partial charge on any atom is -0.491 e. The zero-order chi connectivity index (χ0) is 16.2. The van der Waals surface area contributed by atoms with Gasteiger partial charge in [-0.3, -0.25) is 0 Å². The van der Waals surface area contributed by atoms with Crippen LogP contribution >= 0.6 is 0 Å². The Hall–Kier alpha value is -1.11. The van der Waals surface area contributed by atoms with Crippen molar-refractivity contribution in [3.05, 3.63) is 29.8 Å². The van der Waals surface area contributed by atoms with Crippen molar-refractivity contribution in [2.24, 2.45) is 5.73 Å². The fourth-order valence-electron chi connectivity index (χ4n) is 2.77.